The van der Waals surface area contributed by atoms with E-state index in [1.54, 1.807) is 25.3 Å². The minimum absolute atomic E-state index is 0.0308. The zero-order valence-electron chi connectivity index (χ0n) is 9.44. The van der Waals surface area contributed by atoms with E-state index in [4.69, 9.17) is 0 Å². The molecule has 17 heavy (non-hydrogen) atoms. The summed E-state index contributed by atoms with van der Waals surface area (Å²) in [7, 11) is -3.56. The van der Waals surface area contributed by atoms with Gasteiger partial charge in [-0.15, -0.1) is 11.3 Å². The predicted octanol–water partition coefficient (Wildman–Crippen LogP) is 2.25. The van der Waals surface area contributed by atoms with Gasteiger partial charge in [-0.05, 0) is 35.8 Å². The van der Waals surface area contributed by atoms with Crippen molar-refractivity contribution in [1.29, 1.82) is 0 Å². The van der Waals surface area contributed by atoms with Crippen LogP contribution in [0.5, 0.6) is 0 Å². The maximum atomic E-state index is 12.4. The van der Waals surface area contributed by atoms with Crippen molar-refractivity contribution in [1.82, 2.24) is 4.31 Å². The number of hydrogen-bond donors (Lipinski definition) is 0. The van der Waals surface area contributed by atoms with Crippen LogP contribution >= 0.6 is 27.3 Å². The molecule has 1 aromatic rings. The van der Waals surface area contributed by atoms with Crippen molar-refractivity contribution in [2.24, 2.45) is 0 Å². The third-order valence-corrected chi connectivity index (χ3v) is 7.18. The molecule has 7 heteroatoms. The maximum Gasteiger partial charge on any atom is 0.253 e. The number of Topliss-reactive ketones (excluding diaryl/α,β-unsaturated/α-hetero) is 1. The second-order valence-corrected chi connectivity index (χ2v) is 8.31. The lowest BCUT2D eigenvalue weighted by Crippen LogP contribution is -2.45. The average Bonchev–Trinajstić information content (AvgIpc) is 2.73. The zero-order chi connectivity index (χ0) is 12.8. The number of hydrogen-bond acceptors (Lipinski definition) is 4. The standard InChI is InChI=1S/C10H12BrNO3S2/c1-10(2)8(13)3-4-12(10)17(14,15)9-5-7(11)6-16-9/h5-6H,3-4H2,1-2H3. The highest BCUT2D eigenvalue weighted by atomic mass is 79.9. The molecule has 0 N–H and O–H groups in total. The van der Waals surface area contributed by atoms with Gasteiger partial charge in [0.2, 0.25) is 0 Å². The lowest BCUT2D eigenvalue weighted by molar-refractivity contribution is -0.122. The van der Waals surface area contributed by atoms with Gasteiger partial charge in [-0.3, -0.25) is 4.79 Å². The first-order valence-corrected chi connectivity index (χ1v) is 8.18. The number of sulfonamides is 1. The number of carbonyl (C=O) groups excluding carboxylic acids is 1. The molecular formula is C10H12BrNO3S2. The quantitative estimate of drug-likeness (QED) is 0.831. The van der Waals surface area contributed by atoms with E-state index in [1.165, 1.54) is 4.31 Å². The van der Waals surface area contributed by atoms with Crippen molar-refractivity contribution in [2.45, 2.75) is 30.0 Å². The number of nitrogens with zero attached hydrogens (tertiary/aromatic N) is 1. The monoisotopic (exact) mass is 337 g/mol. The molecule has 0 radical (unpaired) electrons. The van der Waals surface area contributed by atoms with Crippen LogP contribution < -0.4 is 0 Å². The van der Waals surface area contributed by atoms with Crippen molar-refractivity contribution in [2.75, 3.05) is 6.54 Å². The van der Waals surface area contributed by atoms with Crippen LogP contribution in [0, 0.1) is 0 Å². The van der Waals surface area contributed by atoms with E-state index in [-0.39, 0.29) is 16.5 Å². The molecule has 2 rings (SSSR count). The van der Waals surface area contributed by atoms with Gasteiger partial charge in [0.1, 0.15) is 4.21 Å². The molecule has 1 saturated heterocycles. The molecule has 0 unspecified atom stereocenters. The second-order valence-electron chi connectivity index (χ2n) is 4.39. The number of carbonyl (C=O) groups is 1. The SMILES string of the molecule is CC1(C)C(=O)CCN1S(=O)(=O)c1cc(Br)cs1. The van der Waals surface area contributed by atoms with Gasteiger partial charge in [0.05, 0.1) is 5.54 Å². The summed E-state index contributed by atoms with van der Waals surface area (Å²) in [5, 5.41) is 1.72. The summed E-state index contributed by atoms with van der Waals surface area (Å²) in [5.74, 6) is -0.0308. The van der Waals surface area contributed by atoms with Crippen molar-refractivity contribution in [3.05, 3.63) is 15.9 Å². The average molecular weight is 338 g/mol. The van der Waals surface area contributed by atoms with Crippen LogP contribution in [0.25, 0.3) is 0 Å². The van der Waals surface area contributed by atoms with Crippen LogP contribution in [0.3, 0.4) is 0 Å². The number of thiophene rings is 1. The topological polar surface area (TPSA) is 54.5 Å². The zero-order valence-corrected chi connectivity index (χ0v) is 12.7. The van der Waals surface area contributed by atoms with Crippen LogP contribution in [0.2, 0.25) is 0 Å². The van der Waals surface area contributed by atoms with E-state index >= 15 is 0 Å². The minimum Gasteiger partial charge on any atom is -0.298 e. The van der Waals surface area contributed by atoms with E-state index in [1.807, 2.05) is 0 Å². The molecule has 1 fully saturated rings. The summed E-state index contributed by atoms with van der Waals surface area (Å²) in [5.41, 5.74) is -0.935. The Hall–Kier alpha value is -0.240. The Morgan fingerprint density at radius 2 is 2.12 bits per heavy atom. The van der Waals surface area contributed by atoms with Crippen LogP contribution in [0.1, 0.15) is 20.3 Å². The number of halogens is 1. The fraction of sp³-hybridized carbons (Fsp3) is 0.500. The molecule has 1 aromatic heterocycles. The number of rotatable bonds is 2. The number of ketones is 1. The third kappa shape index (κ3) is 2.09. The Bertz CT molecular complexity index is 562. The lowest BCUT2D eigenvalue weighted by atomic mass is 10.0. The van der Waals surface area contributed by atoms with Crippen molar-refractivity contribution < 1.29 is 13.2 Å². The van der Waals surface area contributed by atoms with Crippen LogP contribution in [0.4, 0.5) is 0 Å². The first-order valence-electron chi connectivity index (χ1n) is 5.06. The molecular weight excluding hydrogens is 326 g/mol. The highest BCUT2D eigenvalue weighted by molar-refractivity contribution is 9.10. The van der Waals surface area contributed by atoms with Crippen molar-refractivity contribution in [3.63, 3.8) is 0 Å². The molecule has 1 aliphatic heterocycles. The molecule has 94 valence electrons. The smallest absolute Gasteiger partial charge is 0.253 e. The van der Waals surface area contributed by atoms with Gasteiger partial charge in [-0.1, -0.05) is 0 Å². The summed E-state index contributed by atoms with van der Waals surface area (Å²) in [6.07, 6.45) is 0.290. The molecule has 0 aromatic carbocycles. The van der Waals surface area contributed by atoms with Gasteiger partial charge in [0.25, 0.3) is 10.0 Å². The Morgan fingerprint density at radius 3 is 2.53 bits per heavy atom. The van der Waals surface area contributed by atoms with Crippen LogP contribution in [-0.4, -0.2) is 30.6 Å². The van der Waals surface area contributed by atoms with Gasteiger partial charge >= 0.3 is 0 Å². The van der Waals surface area contributed by atoms with Gasteiger partial charge in [0.15, 0.2) is 5.78 Å². The molecule has 2 heterocycles. The van der Waals surface area contributed by atoms with E-state index in [2.05, 4.69) is 15.9 Å². The summed E-state index contributed by atoms with van der Waals surface area (Å²) in [6.45, 7) is 3.58. The molecule has 0 amide bonds. The lowest BCUT2D eigenvalue weighted by Gasteiger charge is -2.28. The predicted molar refractivity (Wildman–Crippen MR) is 69.6 cm³/mol. The fourth-order valence-electron chi connectivity index (χ4n) is 1.89. The normalized spacial score (nSPS) is 21.0. The molecule has 0 saturated carbocycles. The maximum absolute atomic E-state index is 12.4. The Labute approximate surface area is 113 Å². The Balaban J connectivity index is 2.44. The van der Waals surface area contributed by atoms with Crippen molar-refractivity contribution >= 4 is 43.1 Å². The summed E-state index contributed by atoms with van der Waals surface area (Å²) < 4.78 is 27.0. The Kier molecular flexibility index (Phi) is 3.22. The molecule has 0 atom stereocenters. The first kappa shape index (κ1) is 13.2. The van der Waals surface area contributed by atoms with Gasteiger partial charge in [-0.2, -0.15) is 4.31 Å². The van der Waals surface area contributed by atoms with Gasteiger partial charge in [-0.25, -0.2) is 8.42 Å². The first-order chi connectivity index (χ1) is 7.76. The van der Waals surface area contributed by atoms with Crippen LogP contribution in [-0.2, 0) is 14.8 Å². The van der Waals surface area contributed by atoms with Crippen LogP contribution in [0.15, 0.2) is 20.1 Å². The highest BCUT2D eigenvalue weighted by Crippen LogP contribution is 2.34. The molecule has 1 aliphatic rings. The van der Waals surface area contributed by atoms with Gasteiger partial charge in [0, 0.05) is 22.8 Å². The van der Waals surface area contributed by atoms with E-state index in [9.17, 15) is 13.2 Å². The molecule has 0 bridgehead atoms. The molecule has 0 aliphatic carbocycles. The highest BCUT2D eigenvalue weighted by Gasteiger charge is 2.47. The summed E-state index contributed by atoms with van der Waals surface area (Å²) >= 11 is 4.39. The summed E-state index contributed by atoms with van der Waals surface area (Å²) in [4.78, 5) is 11.7. The summed E-state index contributed by atoms with van der Waals surface area (Å²) in [6, 6.07) is 1.57. The van der Waals surface area contributed by atoms with Gasteiger partial charge < -0.3 is 0 Å². The Morgan fingerprint density at radius 1 is 1.47 bits per heavy atom. The van der Waals surface area contributed by atoms with Crippen molar-refractivity contribution in [3.8, 4) is 0 Å². The van der Waals surface area contributed by atoms with E-state index < -0.39 is 15.6 Å². The molecule has 4 nitrogen and oxygen atoms in total. The minimum atomic E-state index is -3.56. The molecule has 0 spiro atoms. The third-order valence-electron chi connectivity index (χ3n) is 2.94. The fourth-order valence-corrected chi connectivity index (χ4v) is 5.62. The van der Waals surface area contributed by atoms with E-state index in [0.717, 1.165) is 15.8 Å². The largest absolute Gasteiger partial charge is 0.298 e. The second kappa shape index (κ2) is 4.15. The van der Waals surface area contributed by atoms with E-state index in [0.29, 0.717) is 6.42 Å².